The van der Waals surface area contributed by atoms with Crippen molar-refractivity contribution in [2.45, 2.75) is 52.1 Å². The van der Waals surface area contributed by atoms with Crippen molar-refractivity contribution in [2.24, 2.45) is 11.8 Å². The minimum absolute atomic E-state index is 0.0163. The molecule has 106 valence electrons. The van der Waals surface area contributed by atoms with E-state index in [4.69, 9.17) is 4.98 Å². The van der Waals surface area contributed by atoms with Crippen molar-refractivity contribution < 1.29 is 5.11 Å². The Labute approximate surface area is 119 Å². The van der Waals surface area contributed by atoms with Crippen molar-refractivity contribution in [1.29, 1.82) is 0 Å². The summed E-state index contributed by atoms with van der Waals surface area (Å²) in [5.41, 5.74) is 1.09. The van der Waals surface area contributed by atoms with Crippen molar-refractivity contribution in [3.63, 3.8) is 0 Å². The molecule has 0 spiro atoms. The standard InChI is InChI=1S/C15H24N2OS/c1-15(2,3)13-12(9-18)19-14(16-13)17-7-10-5-4-6-11(10)8-17/h10-11,18H,4-9H2,1-3H3. The predicted molar refractivity (Wildman–Crippen MR) is 79.8 cm³/mol. The van der Waals surface area contributed by atoms with Gasteiger partial charge in [0.15, 0.2) is 5.13 Å². The van der Waals surface area contributed by atoms with Crippen molar-refractivity contribution in [2.75, 3.05) is 18.0 Å². The summed E-state index contributed by atoms with van der Waals surface area (Å²) in [6.45, 7) is 8.97. The summed E-state index contributed by atoms with van der Waals surface area (Å²) in [6, 6.07) is 0. The van der Waals surface area contributed by atoms with E-state index in [1.54, 1.807) is 11.3 Å². The van der Waals surface area contributed by atoms with Crippen molar-refractivity contribution >= 4 is 16.5 Å². The number of aliphatic hydroxyl groups is 1. The number of hydrogen-bond donors (Lipinski definition) is 1. The predicted octanol–water partition coefficient (Wildman–Crippen LogP) is 3.17. The molecular formula is C15H24N2OS. The molecule has 3 rings (SSSR count). The molecule has 0 bridgehead atoms. The Morgan fingerprint density at radius 3 is 2.37 bits per heavy atom. The van der Waals surface area contributed by atoms with E-state index in [1.807, 2.05) is 0 Å². The number of aromatic nitrogens is 1. The molecule has 1 aromatic rings. The Kier molecular flexibility index (Phi) is 3.34. The van der Waals surface area contributed by atoms with Gasteiger partial charge in [-0.25, -0.2) is 4.98 Å². The molecule has 0 amide bonds. The molecule has 2 heterocycles. The number of thiazole rings is 1. The molecule has 2 atom stereocenters. The lowest BCUT2D eigenvalue weighted by Gasteiger charge is -2.18. The van der Waals surface area contributed by atoms with Crippen LogP contribution in [0, 0.1) is 11.8 Å². The molecule has 19 heavy (non-hydrogen) atoms. The van der Waals surface area contributed by atoms with Gasteiger partial charge in [0.05, 0.1) is 17.2 Å². The van der Waals surface area contributed by atoms with Crippen LogP contribution >= 0.6 is 11.3 Å². The summed E-state index contributed by atoms with van der Waals surface area (Å²) in [5.74, 6) is 1.78. The molecule has 4 heteroatoms. The lowest BCUT2D eigenvalue weighted by atomic mass is 9.91. The lowest BCUT2D eigenvalue weighted by molar-refractivity contribution is 0.282. The lowest BCUT2D eigenvalue weighted by Crippen LogP contribution is -2.21. The van der Waals surface area contributed by atoms with E-state index >= 15 is 0 Å². The maximum Gasteiger partial charge on any atom is 0.185 e. The number of nitrogens with zero attached hydrogens (tertiary/aromatic N) is 2. The minimum atomic E-state index is 0.0163. The average Bonchev–Trinajstić information content (AvgIpc) is 3.00. The number of hydrogen-bond acceptors (Lipinski definition) is 4. The fraction of sp³-hybridized carbons (Fsp3) is 0.800. The molecule has 1 aliphatic carbocycles. The van der Waals surface area contributed by atoms with Gasteiger partial charge in [0.1, 0.15) is 0 Å². The summed E-state index contributed by atoms with van der Waals surface area (Å²) < 4.78 is 0. The quantitative estimate of drug-likeness (QED) is 0.904. The molecule has 1 saturated carbocycles. The first-order valence-electron chi connectivity index (χ1n) is 7.35. The van der Waals surface area contributed by atoms with E-state index in [2.05, 4.69) is 25.7 Å². The van der Waals surface area contributed by atoms with E-state index in [1.165, 1.54) is 32.4 Å². The molecule has 2 aliphatic rings. The molecule has 0 radical (unpaired) electrons. The van der Waals surface area contributed by atoms with Crippen molar-refractivity contribution in [1.82, 2.24) is 4.98 Å². The smallest absolute Gasteiger partial charge is 0.185 e. The highest BCUT2D eigenvalue weighted by Gasteiger charge is 2.37. The van der Waals surface area contributed by atoms with Crippen LogP contribution in [0.4, 0.5) is 5.13 Å². The van der Waals surface area contributed by atoms with Gasteiger partial charge in [-0.1, -0.05) is 38.5 Å². The maximum absolute atomic E-state index is 9.55. The molecule has 1 N–H and O–H groups in total. The number of aliphatic hydroxyl groups excluding tert-OH is 1. The molecule has 0 aromatic carbocycles. The molecule has 1 aliphatic heterocycles. The number of rotatable bonds is 2. The van der Waals surface area contributed by atoms with Gasteiger partial charge in [-0.05, 0) is 24.7 Å². The Morgan fingerprint density at radius 2 is 1.89 bits per heavy atom. The normalized spacial score (nSPS) is 27.1. The summed E-state index contributed by atoms with van der Waals surface area (Å²) in [5, 5.41) is 10.7. The van der Waals surface area contributed by atoms with Gasteiger partial charge in [-0.3, -0.25) is 0 Å². The van der Waals surface area contributed by atoms with Crippen LogP contribution in [-0.2, 0) is 12.0 Å². The second-order valence-corrected chi connectivity index (χ2v) is 8.09. The topological polar surface area (TPSA) is 36.4 Å². The fourth-order valence-electron chi connectivity index (χ4n) is 3.56. The second-order valence-electron chi connectivity index (χ2n) is 7.03. The zero-order valence-electron chi connectivity index (χ0n) is 12.1. The van der Waals surface area contributed by atoms with Crippen LogP contribution in [0.25, 0.3) is 0 Å². The van der Waals surface area contributed by atoms with Crippen LogP contribution in [0.3, 0.4) is 0 Å². The van der Waals surface area contributed by atoms with Crippen LogP contribution in [0.5, 0.6) is 0 Å². The molecule has 2 unspecified atom stereocenters. The third kappa shape index (κ3) is 2.40. The summed E-state index contributed by atoms with van der Waals surface area (Å²) in [7, 11) is 0. The van der Waals surface area contributed by atoms with E-state index in [0.29, 0.717) is 0 Å². The minimum Gasteiger partial charge on any atom is -0.391 e. The van der Waals surface area contributed by atoms with Crippen LogP contribution in [0.2, 0.25) is 0 Å². The summed E-state index contributed by atoms with van der Waals surface area (Å²) >= 11 is 1.69. The Balaban J connectivity index is 1.84. The van der Waals surface area contributed by atoms with Crippen LogP contribution in [-0.4, -0.2) is 23.2 Å². The maximum atomic E-state index is 9.55. The van der Waals surface area contributed by atoms with Gasteiger partial charge in [-0.15, -0.1) is 0 Å². The largest absolute Gasteiger partial charge is 0.391 e. The fourth-order valence-corrected chi connectivity index (χ4v) is 4.71. The molecule has 1 saturated heterocycles. The van der Waals surface area contributed by atoms with Crippen molar-refractivity contribution in [3.05, 3.63) is 10.6 Å². The molecule has 3 nitrogen and oxygen atoms in total. The highest BCUT2D eigenvalue weighted by molar-refractivity contribution is 7.15. The van der Waals surface area contributed by atoms with Crippen LogP contribution in [0.1, 0.15) is 50.6 Å². The van der Waals surface area contributed by atoms with E-state index in [-0.39, 0.29) is 12.0 Å². The highest BCUT2D eigenvalue weighted by Crippen LogP contribution is 2.42. The zero-order chi connectivity index (χ0) is 13.6. The Bertz CT molecular complexity index is 451. The molecular weight excluding hydrogens is 256 g/mol. The van der Waals surface area contributed by atoms with E-state index < -0.39 is 0 Å². The SMILES string of the molecule is CC(C)(C)c1nc(N2CC3CCCC3C2)sc1CO. The summed E-state index contributed by atoms with van der Waals surface area (Å²) in [6.07, 6.45) is 4.20. The van der Waals surface area contributed by atoms with Gasteiger partial charge < -0.3 is 10.0 Å². The second kappa shape index (κ2) is 4.74. The Hall–Kier alpha value is -0.610. The van der Waals surface area contributed by atoms with E-state index in [9.17, 15) is 5.11 Å². The van der Waals surface area contributed by atoms with Gasteiger partial charge in [0.2, 0.25) is 0 Å². The van der Waals surface area contributed by atoms with Gasteiger partial charge in [0, 0.05) is 18.5 Å². The first-order chi connectivity index (χ1) is 8.99. The van der Waals surface area contributed by atoms with E-state index in [0.717, 1.165) is 27.5 Å². The highest BCUT2D eigenvalue weighted by atomic mass is 32.1. The average molecular weight is 280 g/mol. The first-order valence-corrected chi connectivity index (χ1v) is 8.16. The van der Waals surface area contributed by atoms with Crippen LogP contribution in [0.15, 0.2) is 0 Å². The first kappa shape index (κ1) is 13.4. The van der Waals surface area contributed by atoms with Gasteiger partial charge >= 0.3 is 0 Å². The zero-order valence-corrected chi connectivity index (χ0v) is 13.0. The van der Waals surface area contributed by atoms with Gasteiger partial charge in [-0.2, -0.15) is 0 Å². The summed E-state index contributed by atoms with van der Waals surface area (Å²) in [4.78, 5) is 8.34. The number of anilines is 1. The van der Waals surface area contributed by atoms with Gasteiger partial charge in [0.25, 0.3) is 0 Å². The molecule has 1 aromatic heterocycles. The van der Waals surface area contributed by atoms with Crippen LogP contribution < -0.4 is 4.90 Å². The monoisotopic (exact) mass is 280 g/mol. The van der Waals surface area contributed by atoms with Crippen molar-refractivity contribution in [3.8, 4) is 0 Å². The molecule has 2 fully saturated rings. The number of fused-ring (bicyclic) bond motifs is 1. The third-order valence-corrected chi connectivity index (χ3v) is 5.64. The third-order valence-electron chi connectivity index (χ3n) is 4.54. The Morgan fingerprint density at radius 1 is 1.26 bits per heavy atom.